The van der Waals surface area contributed by atoms with Crippen LogP contribution < -0.4 is 10.1 Å². The summed E-state index contributed by atoms with van der Waals surface area (Å²) in [5, 5.41) is 3.42. The molecule has 1 aliphatic rings. The average Bonchev–Trinajstić information content (AvgIpc) is 3.08. The van der Waals surface area contributed by atoms with Crippen molar-refractivity contribution in [2.24, 2.45) is 5.92 Å². The number of nitrogens with zero attached hydrogens (tertiary/aromatic N) is 1. The quantitative estimate of drug-likeness (QED) is 0.826. The number of piperidine rings is 1. The molecule has 4 nitrogen and oxygen atoms in total. The van der Waals surface area contributed by atoms with Crippen molar-refractivity contribution >= 4 is 17.2 Å². The van der Waals surface area contributed by atoms with Crippen LogP contribution in [-0.4, -0.2) is 44.1 Å². The standard InChI is InChI=1S/C21H28N2O2S/c1-4-22-14-16-9-11-23(12-10-16)21(24)20-13-19(15(2)26-20)17-5-7-18(25-3)8-6-17/h5-8,13,16,22H,4,9-12,14H2,1-3H3. The van der Waals surface area contributed by atoms with Crippen LogP contribution in [0, 0.1) is 12.8 Å². The minimum atomic E-state index is 0.180. The van der Waals surface area contributed by atoms with E-state index in [9.17, 15) is 4.79 Å². The number of ether oxygens (including phenoxy) is 1. The van der Waals surface area contributed by atoms with Crippen molar-refractivity contribution in [1.29, 1.82) is 0 Å². The predicted molar refractivity (Wildman–Crippen MR) is 108 cm³/mol. The molecule has 1 aliphatic heterocycles. The van der Waals surface area contributed by atoms with Crippen LogP contribution >= 0.6 is 11.3 Å². The normalized spacial score (nSPS) is 15.3. The number of thiophene rings is 1. The molecule has 5 heteroatoms. The van der Waals surface area contributed by atoms with Gasteiger partial charge in [-0.3, -0.25) is 4.79 Å². The number of benzene rings is 1. The molecule has 2 aromatic rings. The maximum absolute atomic E-state index is 12.9. The highest BCUT2D eigenvalue weighted by Gasteiger charge is 2.25. The molecule has 0 aliphatic carbocycles. The number of hydrogen-bond acceptors (Lipinski definition) is 4. The highest BCUT2D eigenvalue weighted by molar-refractivity contribution is 7.14. The molecule has 1 fully saturated rings. The largest absolute Gasteiger partial charge is 0.497 e. The fourth-order valence-corrected chi connectivity index (χ4v) is 4.50. The third-order valence-electron chi connectivity index (χ3n) is 5.11. The van der Waals surface area contributed by atoms with E-state index >= 15 is 0 Å². The Morgan fingerprint density at radius 3 is 2.58 bits per heavy atom. The molecule has 1 saturated heterocycles. The van der Waals surface area contributed by atoms with Crippen molar-refractivity contribution in [1.82, 2.24) is 10.2 Å². The van der Waals surface area contributed by atoms with Crippen molar-refractivity contribution in [3.8, 4) is 16.9 Å². The molecule has 1 N–H and O–H groups in total. The molecule has 26 heavy (non-hydrogen) atoms. The molecular formula is C21H28N2O2S. The van der Waals surface area contributed by atoms with E-state index in [0.29, 0.717) is 5.92 Å². The van der Waals surface area contributed by atoms with Gasteiger partial charge in [0.05, 0.1) is 12.0 Å². The number of methoxy groups -OCH3 is 1. The summed E-state index contributed by atoms with van der Waals surface area (Å²) in [7, 11) is 1.67. The van der Waals surface area contributed by atoms with Crippen molar-refractivity contribution in [2.45, 2.75) is 26.7 Å². The Morgan fingerprint density at radius 1 is 1.27 bits per heavy atom. The lowest BCUT2D eigenvalue weighted by atomic mass is 9.96. The Bertz CT molecular complexity index is 731. The van der Waals surface area contributed by atoms with E-state index in [1.165, 1.54) is 4.88 Å². The summed E-state index contributed by atoms with van der Waals surface area (Å²) in [6.07, 6.45) is 2.18. The van der Waals surface area contributed by atoms with Gasteiger partial charge in [0.25, 0.3) is 5.91 Å². The number of likely N-dealkylation sites (tertiary alicyclic amines) is 1. The zero-order valence-electron chi connectivity index (χ0n) is 15.9. The van der Waals surface area contributed by atoms with Crippen LogP contribution in [0.3, 0.4) is 0 Å². The van der Waals surface area contributed by atoms with Gasteiger partial charge in [-0.15, -0.1) is 11.3 Å². The lowest BCUT2D eigenvalue weighted by molar-refractivity contribution is 0.0695. The Labute approximate surface area is 160 Å². The molecule has 1 aromatic heterocycles. The van der Waals surface area contributed by atoms with Crippen molar-refractivity contribution in [3.05, 3.63) is 40.1 Å². The molecule has 0 atom stereocenters. The van der Waals surface area contributed by atoms with Crippen molar-refractivity contribution in [2.75, 3.05) is 33.3 Å². The first-order valence-corrected chi connectivity index (χ1v) is 10.2. The molecule has 0 radical (unpaired) electrons. The summed E-state index contributed by atoms with van der Waals surface area (Å²) in [6, 6.07) is 10.1. The summed E-state index contributed by atoms with van der Waals surface area (Å²) >= 11 is 1.60. The van der Waals surface area contributed by atoms with Crippen molar-refractivity contribution < 1.29 is 9.53 Å². The first kappa shape index (κ1) is 18.9. The maximum Gasteiger partial charge on any atom is 0.263 e. The minimum Gasteiger partial charge on any atom is -0.497 e. The average molecular weight is 373 g/mol. The van der Waals surface area contributed by atoms with Crippen LogP contribution in [0.4, 0.5) is 0 Å². The zero-order chi connectivity index (χ0) is 18.5. The number of carbonyl (C=O) groups excluding carboxylic acids is 1. The second-order valence-electron chi connectivity index (χ2n) is 6.85. The summed E-state index contributed by atoms with van der Waals surface area (Å²) in [4.78, 5) is 17.0. The summed E-state index contributed by atoms with van der Waals surface area (Å²) < 4.78 is 5.23. The number of hydrogen-bond donors (Lipinski definition) is 1. The molecular weight excluding hydrogens is 344 g/mol. The van der Waals surface area contributed by atoms with Crippen LogP contribution in [0.25, 0.3) is 11.1 Å². The van der Waals surface area contributed by atoms with Gasteiger partial charge in [0, 0.05) is 18.0 Å². The minimum absolute atomic E-state index is 0.180. The van der Waals surface area contributed by atoms with E-state index < -0.39 is 0 Å². The molecule has 2 heterocycles. The Kier molecular flexibility index (Phi) is 6.33. The van der Waals surface area contributed by atoms with Gasteiger partial charge in [-0.05, 0) is 68.1 Å². The number of rotatable bonds is 6. The van der Waals surface area contributed by atoms with Crippen LogP contribution in [0.5, 0.6) is 5.75 Å². The lowest BCUT2D eigenvalue weighted by Crippen LogP contribution is -2.40. The van der Waals surface area contributed by atoms with Gasteiger partial charge in [0.15, 0.2) is 0 Å². The van der Waals surface area contributed by atoms with Gasteiger partial charge >= 0.3 is 0 Å². The van der Waals surface area contributed by atoms with Gasteiger partial charge in [-0.1, -0.05) is 19.1 Å². The Hall–Kier alpha value is -1.85. The summed E-state index contributed by atoms with van der Waals surface area (Å²) in [6.45, 7) is 8.04. The van der Waals surface area contributed by atoms with Crippen LogP contribution in [0.2, 0.25) is 0 Å². The first-order valence-electron chi connectivity index (χ1n) is 9.37. The second-order valence-corrected chi connectivity index (χ2v) is 8.11. The SMILES string of the molecule is CCNCC1CCN(C(=O)c2cc(-c3ccc(OC)cc3)c(C)s2)CC1. The predicted octanol–water partition coefficient (Wildman–Crippen LogP) is 4.19. The first-order chi connectivity index (χ1) is 12.6. The fraction of sp³-hybridized carbons (Fsp3) is 0.476. The van der Waals surface area contributed by atoms with Crippen LogP contribution in [-0.2, 0) is 0 Å². The molecule has 140 valence electrons. The third kappa shape index (κ3) is 4.27. The molecule has 1 amide bonds. The number of aryl methyl sites for hydroxylation is 1. The van der Waals surface area contributed by atoms with Gasteiger partial charge in [0.1, 0.15) is 5.75 Å². The lowest BCUT2D eigenvalue weighted by Gasteiger charge is -2.31. The molecule has 1 aromatic carbocycles. The van der Waals surface area contributed by atoms with E-state index in [-0.39, 0.29) is 5.91 Å². The molecule has 0 bridgehead atoms. The third-order valence-corrected chi connectivity index (χ3v) is 6.15. The second kappa shape index (κ2) is 8.69. The topological polar surface area (TPSA) is 41.6 Å². The highest BCUT2D eigenvalue weighted by atomic mass is 32.1. The summed E-state index contributed by atoms with van der Waals surface area (Å²) in [5.41, 5.74) is 2.27. The van der Waals surface area contributed by atoms with E-state index in [1.54, 1.807) is 18.4 Å². The van der Waals surface area contributed by atoms with E-state index in [4.69, 9.17) is 4.74 Å². The van der Waals surface area contributed by atoms with Gasteiger partial charge in [-0.2, -0.15) is 0 Å². The number of amides is 1. The van der Waals surface area contributed by atoms with E-state index in [0.717, 1.165) is 60.8 Å². The Balaban J connectivity index is 1.67. The summed E-state index contributed by atoms with van der Waals surface area (Å²) in [5.74, 6) is 1.72. The Morgan fingerprint density at radius 2 is 1.96 bits per heavy atom. The van der Waals surface area contributed by atoms with Crippen molar-refractivity contribution in [3.63, 3.8) is 0 Å². The fourth-order valence-electron chi connectivity index (χ4n) is 3.49. The van der Waals surface area contributed by atoms with Crippen LogP contribution in [0.15, 0.2) is 30.3 Å². The van der Waals surface area contributed by atoms with E-state index in [2.05, 4.69) is 25.2 Å². The van der Waals surface area contributed by atoms with Gasteiger partial charge < -0.3 is 15.0 Å². The molecule has 0 saturated carbocycles. The van der Waals surface area contributed by atoms with E-state index in [1.807, 2.05) is 29.2 Å². The molecule has 0 spiro atoms. The van der Waals surface area contributed by atoms with Crippen LogP contribution in [0.1, 0.15) is 34.3 Å². The maximum atomic E-state index is 12.9. The zero-order valence-corrected chi connectivity index (χ0v) is 16.7. The highest BCUT2D eigenvalue weighted by Crippen LogP contribution is 2.33. The van der Waals surface area contributed by atoms with Gasteiger partial charge in [0.2, 0.25) is 0 Å². The van der Waals surface area contributed by atoms with Gasteiger partial charge in [-0.25, -0.2) is 0 Å². The monoisotopic (exact) mass is 372 g/mol. The molecule has 0 unspecified atom stereocenters. The molecule has 3 rings (SSSR count). The number of carbonyl (C=O) groups is 1. The number of nitrogens with one attached hydrogen (secondary N) is 1. The smallest absolute Gasteiger partial charge is 0.263 e.